The third-order valence-electron chi connectivity index (χ3n) is 5.16. The van der Waals surface area contributed by atoms with E-state index in [4.69, 9.17) is 4.74 Å². The van der Waals surface area contributed by atoms with E-state index in [1.807, 2.05) is 37.8 Å². The van der Waals surface area contributed by atoms with Crippen molar-refractivity contribution in [2.24, 2.45) is 5.92 Å². The lowest BCUT2D eigenvalue weighted by Crippen LogP contribution is -2.47. The van der Waals surface area contributed by atoms with Gasteiger partial charge in [0, 0.05) is 31.4 Å². The summed E-state index contributed by atoms with van der Waals surface area (Å²) >= 11 is 0. The van der Waals surface area contributed by atoms with Gasteiger partial charge in [0.1, 0.15) is 5.60 Å². The standard InChI is InChI=1S/C19H30N4O2/c1-19(2,3)25-18(24)23-12-6-10-17(23)15-8-4-9-16(15)20-13-14-7-5-11-21-22-14/h5,7,11,15-17,20H,4,6,8-10,12-13H2,1-3H3. The molecule has 1 aliphatic heterocycles. The second-order valence-electron chi connectivity index (χ2n) is 8.18. The van der Waals surface area contributed by atoms with Crippen LogP contribution in [0.1, 0.15) is 58.6 Å². The molecule has 138 valence electrons. The largest absolute Gasteiger partial charge is 0.444 e. The SMILES string of the molecule is CC(C)(C)OC(=O)N1CCCC1C1CCCC1NCc1cccnn1. The van der Waals surface area contributed by atoms with Crippen LogP contribution >= 0.6 is 0 Å². The highest BCUT2D eigenvalue weighted by molar-refractivity contribution is 5.69. The number of hydrogen-bond donors (Lipinski definition) is 1. The molecule has 1 aliphatic carbocycles. The van der Waals surface area contributed by atoms with Gasteiger partial charge < -0.3 is 15.0 Å². The van der Waals surface area contributed by atoms with Crippen molar-refractivity contribution in [2.45, 2.75) is 77.1 Å². The maximum atomic E-state index is 12.6. The van der Waals surface area contributed by atoms with Crippen LogP contribution in [0.4, 0.5) is 4.79 Å². The minimum Gasteiger partial charge on any atom is -0.444 e. The van der Waals surface area contributed by atoms with Crippen LogP contribution in [0, 0.1) is 5.92 Å². The Balaban J connectivity index is 1.61. The number of aromatic nitrogens is 2. The maximum Gasteiger partial charge on any atom is 0.410 e. The van der Waals surface area contributed by atoms with Crippen LogP contribution in [0.25, 0.3) is 0 Å². The van der Waals surface area contributed by atoms with E-state index >= 15 is 0 Å². The minimum absolute atomic E-state index is 0.158. The third kappa shape index (κ3) is 4.69. The summed E-state index contributed by atoms with van der Waals surface area (Å²) in [5, 5.41) is 11.7. The molecule has 1 saturated heterocycles. The first-order valence-electron chi connectivity index (χ1n) is 9.43. The van der Waals surface area contributed by atoms with Crippen LogP contribution in [-0.4, -0.2) is 45.4 Å². The molecule has 6 nitrogen and oxygen atoms in total. The van der Waals surface area contributed by atoms with Crippen molar-refractivity contribution in [1.82, 2.24) is 20.4 Å². The van der Waals surface area contributed by atoms with Crippen molar-refractivity contribution in [1.29, 1.82) is 0 Å². The molecule has 1 aromatic heterocycles. The second-order valence-corrected chi connectivity index (χ2v) is 8.18. The zero-order valence-electron chi connectivity index (χ0n) is 15.6. The third-order valence-corrected chi connectivity index (χ3v) is 5.16. The van der Waals surface area contributed by atoms with E-state index in [0.29, 0.717) is 12.0 Å². The summed E-state index contributed by atoms with van der Waals surface area (Å²) in [7, 11) is 0. The Morgan fingerprint density at radius 2 is 2.16 bits per heavy atom. The van der Waals surface area contributed by atoms with Crippen molar-refractivity contribution in [2.75, 3.05) is 6.54 Å². The number of amides is 1. The lowest BCUT2D eigenvalue weighted by molar-refractivity contribution is 0.0166. The van der Waals surface area contributed by atoms with Gasteiger partial charge in [-0.05, 0) is 64.5 Å². The van der Waals surface area contributed by atoms with Gasteiger partial charge in [-0.25, -0.2) is 4.79 Å². The first-order chi connectivity index (χ1) is 11.9. The summed E-state index contributed by atoms with van der Waals surface area (Å²) in [6.45, 7) is 7.32. The van der Waals surface area contributed by atoms with Crippen LogP contribution in [-0.2, 0) is 11.3 Å². The molecular weight excluding hydrogens is 316 g/mol. The van der Waals surface area contributed by atoms with Crippen LogP contribution < -0.4 is 5.32 Å². The summed E-state index contributed by atoms with van der Waals surface area (Å²) in [6, 6.07) is 4.62. The molecular formula is C19H30N4O2. The number of hydrogen-bond acceptors (Lipinski definition) is 5. The van der Waals surface area contributed by atoms with E-state index in [2.05, 4.69) is 15.5 Å². The molecule has 1 aromatic rings. The maximum absolute atomic E-state index is 12.6. The molecule has 0 bridgehead atoms. The summed E-state index contributed by atoms with van der Waals surface area (Å²) in [5.74, 6) is 0.492. The number of ether oxygens (including phenoxy) is 1. The van der Waals surface area contributed by atoms with E-state index < -0.39 is 5.60 Å². The van der Waals surface area contributed by atoms with Crippen LogP contribution in [0.2, 0.25) is 0 Å². The Morgan fingerprint density at radius 3 is 2.88 bits per heavy atom. The Labute approximate surface area is 150 Å². The van der Waals surface area contributed by atoms with E-state index in [9.17, 15) is 4.79 Å². The molecule has 1 saturated carbocycles. The molecule has 2 heterocycles. The molecule has 0 radical (unpaired) electrons. The number of nitrogens with one attached hydrogen (secondary N) is 1. The van der Waals surface area contributed by atoms with Gasteiger partial charge in [0.05, 0.1) is 5.69 Å². The number of rotatable bonds is 4. The zero-order chi connectivity index (χ0) is 17.9. The molecule has 1 amide bonds. The number of likely N-dealkylation sites (tertiary alicyclic amines) is 1. The quantitative estimate of drug-likeness (QED) is 0.907. The van der Waals surface area contributed by atoms with Gasteiger partial charge in [0.2, 0.25) is 0 Å². The van der Waals surface area contributed by atoms with Gasteiger partial charge in [0.15, 0.2) is 0 Å². The second kappa shape index (κ2) is 7.68. The highest BCUT2D eigenvalue weighted by Gasteiger charge is 2.41. The molecule has 3 atom stereocenters. The van der Waals surface area contributed by atoms with Gasteiger partial charge in [-0.2, -0.15) is 10.2 Å². The van der Waals surface area contributed by atoms with Crippen molar-refractivity contribution in [3.8, 4) is 0 Å². The Morgan fingerprint density at radius 1 is 1.32 bits per heavy atom. The average Bonchev–Trinajstić information content (AvgIpc) is 3.21. The van der Waals surface area contributed by atoms with Gasteiger partial charge in [-0.3, -0.25) is 0 Å². The first kappa shape index (κ1) is 18.1. The summed E-state index contributed by atoms with van der Waals surface area (Å²) in [5.41, 5.74) is 0.521. The highest BCUT2D eigenvalue weighted by atomic mass is 16.6. The fraction of sp³-hybridized carbons (Fsp3) is 0.737. The molecule has 3 unspecified atom stereocenters. The van der Waals surface area contributed by atoms with E-state index in [-0.39, 0.29) is 12.1 Å². The topological polar surface area (TPSA) is 67.3 Å². The molecule has 3 rings (SSSR count). The van der Waals surface area contributed by atoms with Gasteiger partial charge >= 0.3 is 6.09 Å². The lowest BCUT2D eigenvalue weighted by atomic mass is 9.92. The van der Waals surface area contributed by atoms with Crippen molar-refractivity contribution in [3.05, 3.63) is 24.0 Å². The number of carbonyl (C=O) groups is 1. The fourth-order valence-electron chi connectivity index (χ4n) is 4.15. The Hall–Kier alpha value is -1.69. The molecule has 0 aromatic carbocycles. The monoisotopic (exact) mass is 346 g/mol. The van der Waals surface area contributed by atoms with Crippen LogP contribution in [0.5, 0.6) is 0 Å². The minimum atomic E-state index is -0.441. The van der Waals surface area contributed by atoms with Gasteiger partial charge in [-0.1, -0.05) is 6.42 Å². The molecule has 25 heavy (non-hydrogen) atoms. The molecule has 1 N–H and O–H groups in total. The lowest BCUT2D eigenvalue weighted by Gasteiger charge is -2.34. The van der Waals surface area contributed by atoms with Crippen LogP contribution in [0.15, 0.2) is 18.3 Å². The van der Waals surface area contributed by atoms with Gasteiger partial charge in [0.25, 0.3) is 0 Å². The highest BCUT2D eigenvalue weighted by Crippen LogP contribution is 2.36. The Bertz CT molecular complexity index is 573. The predicted octanol–water partition coefficient (Wildman–Crippen LogP) is 3.13. The number of carbonyl (C=O) groups excluding carboxylic acids is 1. The van der Waals surface area contributed by atoms with E-state index in [1.165, 1.54) is 12.8 Å². The number of nitrogens with zero attached hydrogens (tertiary/aromatic N) is 3. The average molecular weight is 346 g/mol. The smallest absolute Gasteiger partial charge is 0.410 e. The molecule has 2 fully saturated rings. The van der Waals surface area contributed by atoms with Crippen LogP contribution in [0.3, 0.4) is 0 Å². The molecule has 2 aliphatic rings. The molecule has 6 heteroatoms. The first-order valence-corrected chi connectivity index (χ1v) is 9.43. The van der Waals surface area contributed by atoms with E-state index in [0.717, 1.165) is 38.0 Å². The normalized spacial score (nSPS) is 26.8. The summed E-state index contributed by atoms with van der Waals surface area (Å²) in [6.07, 6.45) is 7.21. The van der Waals surface area contributed by atoms with Crippen molar-refractivity contribution in [3.63, 3.8) is 0 Å². The fourth-order valence-corrected chi connectivity index (χ4v) is 4.15. The summed E-state index contributed by atoms with van der Waals surface area (Å²) in [4.78, 5) is 14.5. The van der Waals surface area contributed by atoms with E-state index in [1.54, 1.807) is 6.20 Å². The Kier molecular flexibility index (Phi) is 5.57. The van der Waals surface area contributed by atoms with Gasteiger partial charge in [-0.15, -0.1) is 0 Å². The zero-order valence-corrected chi connectivity index (χ0v) is 15.6. The van der Waals surface area contributed by atoms with Crippen molar-refractivity contribution >= 4 is 6.09 Å². The summed E-state index contributed by atoms with van der Waals surface area (Å²) < 4.78 is 5.62. The molecule has 0 spiro atoms. The van der Waals surface area contributed by atoms with Crippen molar-refractivity contribution < 1.29 is 9.53 Å². The predicted molar refractivity (Wildman–Crippen MR) is 96.0 cm³/mol.